The molecule has 162 valence electrons. The molecule has 0 aliphatic carbocycles. The Morgan fingerprint density at radius 3 is 2.63 bits per heavy atom. The summed E-state index contributed by atoms with van der Waals surface area (Å²) in [6, 6.07) is 7.50. The largest absolute Gasteiger partial charge is 0.357 e. The van der Waals surface area contributed by atoms with Crippen molar-refractivity contribution in [1.29, 1.82) is 0 Å². The van der Waals surface area contributed by atoms with Gasteiger partial charge in [0.1, 0.15) is 0 Å². The van der Waals surface area contributed by atoms with Crippen LogP contribution in [0.1, 0.15) is 18.2 Å². The molecule has 1 aromatic carbocycles. The Kier molecular flexibility index (Phi) is 7.93. The van der Waals surface area contributed by atoms with Crippen LogP contribution in [0.4, 0.5) is 5.13 Å². The number of carbonyl (C=O) groups excluding carboxylic acids is 1. The molecule has 3 rings (SSSR count). The Hall–Kier alpha value is -2.32. The van der Waals surface area contributed by atoms with E-state index in [1.54, 1.807) is 11.3 Å². The number of aliphatic imine (C=N–C) groups is 1. The lowest BCUT2D eigenvalue weighted by molar-refractivity contribution is -0.131. The number of rotatable bonds is 6. The molecule has 2 aromatic rings. The first-order valence-corrected chi connectivity index (χ1v) is 11.4. The third-order valence-electron chi connectivity index (χ3n) is 4.82. The average Bonchev–Trinajstić information content (AvgIpc) is 3.21. The minimum absolute atomic E-state index is 0.137. The van der Waals surface area contributed by atoms with Crippen molar-refractivity contribution in [3.8, 4) is 0 Å². The van der Waals surface area contributed by atoms with Crippen molar-refractivity contribution in [2.24, 2.45) is 4.99 Å². The molecule has 0 unspecified atom stereocenters. The lowest BCUT2D eigenvalue weighted by Gasteiger charge is -2.36. The number of hydrogen-bond acceptors (Lipinski definition) is 5. The molecule has 0 spiro atoms. The fraction of sp³-hybridized carbons (Fsp3) is 0.476. The van der Waals surface area contributed by atoms with Crippen LogP contribution in [0.25, 0.3) is 0 Å². The monoisotopic (exact) mass is 448 g/mol. The minimum atomic E-state index is 0.137. The summed E-state index contributed by atoms with van der Waals surface area (Å²) in [5, 5.41) is 7.06. The summed E-state index contributed by atoms with van der Waals surface area (Å²) in [5.74, 6) is 1.01. The number of halogens is 1. The first-order valence-electron chi connectivity index (χ1n) is 10.1. The topological polar surface area (TPSA) is 64.1 Å². The number of carbonyl (C=O) groups is 1. The number of thiazole rings is 1. The van der Waals surface area contributed by atoms with Gasteiger partial charge in [0.05, 0.1) is 18.7 Å². The van der Waals surface area contributed by atoms with Gasteiger partial charge in [0.2, 0.25) is 5.91 Å². The summed E-state index contributed by atoms with van der Waals surface area (Å²) < 4.78 is 0. The number of guanidine groups is 1. The normalized spacial score (nSPS) is 14.7. The van der Waals surface area contributed by atoms with Crippen molar-refractivity contribution in [3.63, 3.8) is 0 Å². The van der Waals surface area contributed by atoms with Gasteiger partial charge >= 0.3 is 0 Å². The van der Waals surface area contributed by atoms with Gasteiger partial charge in [0.25, 0.3) is 0 Å². The first-order chi connectivity index (χ1) is 14.5. The highest BCUT2D eigenvalue weighted by molar-refractivity contribution is 7.13. The lowest BCUT2D eigenvalue weighted by Crippen LogP contribution is -2.54. The maximum absolute atomic E-state index is 12.7. The molecule has 30 heavy (non-hydrogen) atoms. The summed E-state index contributed by atoms with van der Waals surface area (Å²) >= 11 is 7.65. The number of nitrogens with zero attached hydrogens (tertiary/aromatic N) is 5. The van der Waals surface area contributed by atoms with Crippen LogP contribution in [0.3, 0.4) is 0 Å². The highest BCUT2D eigenvalue weighted by atomic mass is 35.5. The molecule has 0 bridgehead atoms. The molecule has 2 heterocycles. The van der Waals surface area contributed by atoms with E-state index in [1.807, 2.05) is 48.2 Å². The maximum atomic E-state index is 12.7. The Morgan fingerprint density at radius 1 is 1.27 bits per heavy atom. The van der Waals surface area contributed by atoms with E-state index in [1.165, 1.54) is 0 Å². The van der Waals surface area contributed by atoms with E-state index >= 15 is 0 Å². The van der Waals surface area contributed by atoms with E-state index in [2.05, 4.69) is 27.5 Å². The molecule has 1 fully saturated rings. The molecule has 1 aliphatic rings. The molecule has 9 heteroatoms. The van der Waals surface area contributed by atoms with Gasteiger partial charge < -0.3 is 20.0 Å². The van der Waals surface area contributed by atoms with E-state index in [9.17, 15) is 4.79 Å². The highest BCUT2D eigenvalue weighted by Crippen LogP contribution is 2.18. The van der Waals surface area contributed by atoms with Crippen LogP contribution in [0.5, 0.6) is 0 Å². The molecular formula is C21H29ClN6OS. The molecule has 7 nitrogen and oxygen atoms in total. The molecular weight excluding hydrogens is 420 g/mol. The van der Waals surface area contributed by atoms with Crippen LogP contribution < -0.4 is 10.2 Å². The molecule has 1 N–H and O–H groups in total. The summed E-state index contributed by atoms with van der Waals surface area (Å²) in [6.45, 7) is 6.29. The maximum Gasteiger partial charge on any atom is 0.227 e. The standard InChI is InChI=1S/C21H29ClN6OS/c1-4-23-20(24-14-18-15-30-21(25-18)26(2)3)28-10-8-27(9-11-28)19(29)13-16-6-5-7-17(22)12-16/h5-7,12,15H,4,8-11,13-14H2,1-3H3,(H,23,24). The van der Waals surface area contributed by atoms with Crippen LogP contribution >= 0.6 is 22.9 Å². The highest BCUT2D eigenvalue weighted by Gasteiger charge is 2.23. The van der Waals surface area contributed by atoms with E-state index in [-0.39, 0.29) is 5.91 Å². The van der Waals surface area contributed by atoms with Gasteiger partial charge in [-0.2, -0.15) is 0 Å². The molecule has 0 radical (unpaired) electrons. The summed E-state index contributed by atoms with van der Waals surface area (Å²) in [6.07, 6.45) is 0.382. The van der Waals surface area contributed by atoms with Gasteiger partial charge in [-0.05, 0) is 24.6 Å². The van der Waals surface area contributed by atoms with Crippen LogP contribution in [0.15, 0.2) is 34.6 Å². The number of aromatic nitrogens is 1. The van der Waals surface area contributed by atoms with Crippen LogP contribution in [0.2, 0.25) is 5.02 Å². The van der Waals surface area contributed by atoms with Gasteiger partial charge in [-0.25, -0.2) is 9.98 Å². The van der Waals surface area contributed by atoms with Gasteiger partial charge in [0, 0.05) is 57.2 Å². The van der Waals surface area contributed by atoms with Crippen LogP contribution in [-0.2, 0) is 17.8 Å². The summed E-state index contributed by atoms with van der Waals surface area (Å²) in [7, 11) is 3.98. The van der Waals surface area contributed by atoms with Gasteiger partial charge in [0.15, 0.2) is 11.1 Å². The van der Waals surface area contributed by atoms with E-state index in [0.29, 0.717) is 31.1 Å². The zero-order chi connectivity index (χ0) is 21.5. The third kappa shape index (κ3) is 6.09. The molecule has 0 saturated carbocycles. The Morgan fingerprint density at radius 2 is 2.00 bits per heavy atom. The smallest absolute Gasteiger partial charge is 0.227 e. The van der Waals surface area contributed by atoms with E-state index < -0.39 is 0 Å². The van der Waals surface area contributed by atoms with Crippen LogP contribution in [-0.4, -0.2) is 73.5 Å². The van der Waals surface area contributed by atoms with Crippen LogP contribution in [0, 0.1) is 0 Å². The minimum Gasteiger partial charge on any atom is -0.357 e. The van der Waals surface area contributed by atoms with Gasteiger partial charge in [-0.1, -0.05) is 23.7 Å². The summed E-state index contributed by atoms with van der Waals surface area (Å²) in [5.41, 5.74) is 1.92. The number of nitrogens with one attached hydrogen (secondary N) is 1. The molecule has 1 aliphatic heterocycles. The van der Waals surface area contributed by atoms with Crippen molar-refractivity contribution < 1.29 is 4.79 Å². The lowest BCUT2D eigenvalue weighted by atomic mass is 10.1. The van der Waals surface area contributed by atoms with Crippen molar-refractivity contribution in [2.45, 2.75) is 19.9 Å². The molecule has 1 aromatic heterocycles. The van der Waals surface area contributed by atoms with Crippen molar-refractivity contribution in [3.05, 3.63) is 45.9 Å². The molecule has 1 saturated heterocycles. The predicted molar refractivity (Wildman–Crippen MR) is 125 cm³/mol. The zero-order valence-corrected chi connectivity index (χ0v) is 19.3. The number of anilines is 1. The van der Waals surface area contributed by atoms with Crippen molar-refractivity contribution >= 4 is 39.9 Å². The van der Waals surface area contributed by atoms with Crippen molar-refractivity contribution in [2.75, 3.05) is 51.7 Å². The first kappa shape index (κ1) is 22.4. The van der Waals surface area contributed by atoms with Gasteiger partial charge in [-0.15, -0.1) is 11.3 Å². The quantitative estimate of drug-likeness (QED) is 0.543. The molecule has 1 amide bonds. The number of benzene rings is 1. The molecule has 0 atom stereocenters. The third-order valence-corrected chi connectivity index (χ3v) is 6.12. The van der Waals surface area contributed by atoms with E-state index in [0.717, 1.165) is 42.0 Å². The van der Waals surface area contributed by atoms with E-state index in [4.69, 9.17) is 16.6 Å². The average molecular weight is 449 g/mol. The number of amides is 1. The number of hydrogen-bond donors (Lipinski definition) is 1. The fourth-order valence-corrected chi connectivity index (χ4v) is 4.22. The summed E-state index contributed by atoms with van der Waals surface area (Å²) in [4.78, 5) is 28.2. The number of piperazine rings is 1. The zero-order valence-electron chi connectivity index (χ0n) is 17.8. The Bertz CT molecular complexity index is 876. The fourth-order valence-electron chi connectivity index (χ4n) is 3.26. The second-order valence-electron chi connectivity index (χ2n) is 7.36. The Labute approximate surface area is 187 Å². The second kappa shape index (κ2) is 10.6. The predicted octanol–water partition coefficient (Wildman–Crippen LogP) is 2.71. The Balaban J connectivity index is 1.55. The van der Waals surface area contributed by atoms with Crippen molar-refractivity contribution in [1.82, 2.24) is 20.1 Å². The SMILES string of the molecule is CCNC(=NCc1csc(N(C)C)n1)N1CCN(C(=O)Cc2cccc(Cl)c2)CC1. The van der Waals surface area contributed by atoms with Gasteiger partial charge in [-0.3, -0.25) is 4.79 Å². The second-order valence-corrected chi connectivity index (χ2v) is 8.63.